The first kappa shape index (κ1) is 29.5. The fourth-order valence-corrected chi connectivity index (χ4v) is 3.15. The molecular formula is C30H28Cl2O3. The number of carbonyl (C=O) groups is 3. The molecule has 180 valence electrons. The smallest absolute Gasteiger partial charge is 0.194 e. The highest BCUT2D eigenvalue weighted by Crippen LogP contribution is 2.23. The Morgan fingerprint density at radius 2 is 1.40 bits per heavy atom. The molecule has 0 bridgehead atoms. The molecule has 0 saturated carbocycles. The molecule has 0 aliphatic rings. The highest BCUT2D eigenvalue weighted by atomic mass is 35.5. The van der Waals surface area contributed by atoms with Crippen molar-refractivity contribution in [2.24, 2.45) is 0 Å². The van der Waals surface area contributed by atoms with Crippen LogP contribution in [0.4, 0.5) is 0 Å². The second kappa shape index (κ2) is 15.4. The van der Waals surface area contributed by atoms with Gasteiger partial charge < -0.3 is 0 Å². The molecule has 0 spiro atoms. The van der Waals surface area contributed by atoms with Crippen molar-refractivity contribution in [3.05, 3.63) is 142 Å². The van der Waals surface area contributed by atoms with Gasteiger partial charge in [-0.1, -0.05) is 123 Å². The van der Waals surface area contributed by atoms with Crippen LogP contribution in [0, 0.1) is 6.92 Å². The summed E-state index contributed by atoms with van der Waals surface area (Å²) in [6.07, 6.45) is 5.36. The standard InChI is InChI=1S/C14H10Cl2O.C14H12O2.C2H6/c1-9-2-4-10(5-3-9)14(17)12-8-11(15)6-7-13(12)16;1-3-5-12(4-2)14(16)13-8-6-11(10-15)7-9-13;1-2/h2-8H,1H3;3-10H,1-2H2;1-2H3/b;12-5+;. The number of benzene rings is 3. The molecule has 0 radical (unpaired) electrons. The molecule has 0 aliphatic carbocycles. The van der Waals surface area contributed by atoms with E-state index in [2.05, 4.69) is 13.2 Å². The molecule has 3 aromatic rings. The summed E-state index contributed by atoms with van der Waals surface area (Å²) in [4.78, 5) is 34.5. The fourth-order valence-electron chi connectivity index (χ4n) is 2.78. The van der Waals surface area contributed by atoms with Crippen molar-refractivity contribution in [1.82, 2.24) is 0 Å². The van der Waals surface area contributed by atoms with E-state index in [0.717, 1.165) is 11.8 Å². The van der Waals surface area contributed by atoms with Crippen LogP contribution in [-0.2, 0) is 0 Å². The first-order valence-electron chi connectivity index (χ1n) is 10.9. The van der Waals surface area contributed by atoms with Gasteiger partial charge in [-0.2, -0.15) is 0 Å². The van der Waals surface area contributed by atoms with Crippen molar-refractivity contribution in [3.8, 4) is 0 Å². The Bertz CT molecular complexity index is 1210. The third-order valence-corrected chi connectivity index (χ3v) is 5.14. The lowest BCUT2D eigenvalue weighted by Gasteiger charge is -2.04. The van der Waals surface area contributed by atoms with Gasteiger partial charge in [0.1, 0.15) is 6.29 Å². The van der Waals surface area contributed by atoms with E-state index in [0.29, 0.717) is 37.9 Å². The maximum absolute atomic E-state index is 12.2. The average molecular weight is 507 g/mol. The van der Waals surface area contributed by atoms with Crippen LogP contribution in [0.15, 0.2) is 104 Å². The minimum atomic E-state index is -0.132. The molecule has 3 aromatic carbocycles. The lowest BCUT2D eigenvalue weighted by molar-refractivity contribution is 0.103. The predicted octanol–water partition coefficient (Wildman–Crippen LogP) is 8.54. The average Bonchev–Trinajstić information content (AvgIpc) is 2.90. The monoisotopic (exact) mass is 506 g/mol. The van der Waals surface area contributed by atoms with Crippen LogP contribution < -0.4 is 0 Å². The summed E-state index contributed by atoms with van der Waals surface area (Å²) in [5.41, 5.74) is 3.71. The Morgan fingerprint density at radius 3 is 1.91 bits per heavy atom. The summed E-state index contributed by atoms with van der Waals surface area (Å²) >= 11 is 11.9. The SMILES string of the molecule is C=C/C=C(\C=C)C(=O)c1ccc(C=O)cc1.CC.Cc1ccc(C(=O)c2cc(Cl)ccc2Cl)cc1. The first-order valence-corrected chi connectivity index (χ1v) is 11.7. The van der Waals surface area contributed by atoms with Crippen molar-refractivity contribution in [1.29, 1.82) is 0 Å². The molecule has 0 N–H and O–H groups in total. The number of hydrogen-bond donors (Lipinski definition) is 0. The lowest BCUT2D eigenvalue weighted by Crippen LogP contribution is -2.02. The lowest BCUT2D eigenvalue weighted by atomic mass is 10.0. The number of allylic oxidation sites excluding steroid dienone is 4. The van der Waals surface area contributed by atoms with E-state index in [9.17, 15) is 14.4 Å². The van der Waals surface area contributed by atoms with Gasteiger partial charge in [0.05, 0.1) is 5.02 Å². The van der Waals surface area contributed by atoms with Crippen LogP contribution >= 0.6 is 23.2 Å². The third kappa shape index (κ3) is 8.97. The highest BCUT2D eigenvalue weighted by molar-refractivity contribution is 6.36. The van der Waals surface area contributed by atoms with Crippen LogP contribution in [0.1, 0.15) is 56.0 Å². The van der Waals surface area contributed by atoms with Gasteiger partial charge in [0.15, 0.2) is 11.6 Å². The third-order valence-electron chi connectivity index (χ3n) is 4.58. The van der Waals surface area contributed by atoms with E-state index >= 15 is 0 Å². The number of rotatable bonds is 7. The topological polar surface area (TPSA) is 51.2 Å². The van der Waals surface area contributed by atoms with Gasteiger partial charge >= 0.3 is 0 Å². The molecule has 35 heavy (non-hydrogen) atoms. The van der Waals surface area contributed by atoms with Crippen LogP contribution in [0.5, 0.6) is 0 Å². The van der Waals surface area contributed by atoms with Gasteiger partial charge in [0.25, 0.3) is 0 Å². The molecule has 0 saturated heterocycles. The molecule has 0 aliphatic heterocycles. The van der Waals surface area contributed by atoms with E-state index in [1.165, 1.54) is 12.2 Å². The molecule has 3 nitrogen and oxygen atoms in total. The minimum Gasteiger partial charge on any atom is -0.298 e. The van der Waals surface area contributed by atoms with Gasteiger partial charge in [-0.05, 0) is 25.1 Å². The molecule has 3 rings (SSSR count). The van der Waals surface area contributed by atoms with Crippen molar-refractivity contribution in [2.75, 3.05) is 0 Å². The van der Waals surface area contributed by atoms with Gasteiger partial charge in [0.2, 0.25) is 0 Å². The van der Waals surface area contributed by atoms with Crippen LogP contribution in [0.3, 0.4) is 0 Å². The van der Waals surface area contributed by atoms with Crippen molar-refractivity contribution >= 4 is 41.1 Å². The fraction of sp³-hybridized carbons (Fsp3) is 0.100. The summed E-state index contributed by atoms with van der Waals surface area (Å²) in [5, 5.41) is 0.921. The van der Waals surface area contributed by atoms with E-state index < -0.39 is 0 Å². The van der Waals surface area contributed by atoms with Crippen LogP contribution in [-0.4, -0.2) is 17.9 Å². The number of aryl methyl sites for hydroxylation is 1. The Kier molecular flexibility index (Phi) is 13.0. The number of aldehydes is 1. The number of halogens is 2. The van der Waals surface area contributed by atoms with E-state index in [4.69, 9.17) is 23.2 Å². The zero-order chi connectivity index (χ0) is 26.4. The Morgan fingerprint density at radius 1 is 0.829 bits per heavy atom. The van der Waals surface area contributed by atoms with Crippen LogP contribution in [0.25, 0.3) is 0 Å². The molecular weight excluding hydrogens is 479 g/mol. The molecule has 5 heteroatoms. The molecule has 0 aromatic heterocycles. The molecule has 0 unspecified atom stereocenters. The summed E-state index contributed by atoms with van der Waals surface area (Å²) in [6, 6.07) is 18.7. The van der Waals surface area contributed by atoms with E-state index in [-0.39, 0.29) is 11.6 Å². The Hall–Kier alpha value is -3.53. The highest BCUT2D eigenvalue weighted by Gasteiger charge is 2.13. The van der Waals surface area contributed by atoms with Gasteiger partial charge in [0, 0.05) is 32.8 Å². The number of ketones is 2. The summed E-state index contributed by atoms with van der Waals surface area (Å²) in [5.74, 6) is -0.246. The zero-order valence-corrected chi connectivity index (χ0v) is 21.6. The Balaban J connectivity index is 0.000000328. The summed E-state index contributed by atoms with van der Waals surface area (Å²) < 4.78 is 0. The number of hydrogen-bond acceptors (Lipinski definition) is 3. The van der Waals surface area contributed by atoms with Gasteiger partial charge in [-0.25, -0.2) is 0 Å². The second-order valence-corrected chi connectivity index (χ2v) is 7.79. The Labute approximate surface area is 217 Å². The maximum Gasteiger partial charge on any atom is 0.194 e. The zero-order valence-electron chi connectivity index (χ0n) is 20.1. The van der Waals surface area contributed by atoms with Gasteiger partial charge in [-0.15, -0.1) is 0 Å². The molecule has 0 heterocycles. The second-order valence-electron chi connectivity index (χ2n) is 6.95. The maximum atomic E-state index is 12.2. The van der Waals surface area contributed by atoms with Gasteiger partial charge in [-0.3, -0.25) is 14.4 Å². The quantitative estimate of drug-likeness (QED) is 0.139. The van der Waals surface area contributed by atoms with Crippen molar-refractivity contribution < 1.29 is 14.4 Å². The minimum absolute atomic E-state index is 0.113. The molecule has 0 fully saturated rings. The van der Waals surface area contributed by atoms with Crippen molar-refractivity contribution in [3.63, 3.8) is 0 Å². The number of Topliss-reactive ketones (excluding diaryl/α,β-unsaturated/α-hetero) is 1. The summed E-state index contributed by atoms with van der Waals surface area (Å²) in [7, 11) is 0. The van der Waals surface area contributed by atoms with E-state index in [1.807, 2.05) is 32.9 Å². The predicted molar refractivity (Wildman–Crippen MR) is 147 cm³/mol. The largest absolute Gasteiger partial charge is 0.298 e. The molecule has 0 atom stereocenters. The van der Waals surface area contributed by atoms with Crippen LogP contribution in [0.2, 0.25) is 10.0 Å². The first-order chi connectivity index (χ1) is 16.8. The number of carbonyl (C=O) groups excluding carboxylic acids is 3. The van der Waals surface area contributed by atoms with Crippen molar-refractivity contribution in [2.45, 2.75) is 20.8 Å². The summed E-state index contributed by atoms with van der Waals surface area (Å²) in [6.45, 7) is 13.1. The normalized spacial score (nSPS) is 10.0. The van der Waals surface area contributed by atoms with E-state index in [1.54, 1.807) is 60.7 Å². The molecule has 0 amide bonds.